The molecular formula is C18H23Cl2NOTi. The average Bonchev–Trinajstić information content (AvgIpc) is 2.58. The Morgan fingerprint density at radius 3 is 2.04 bits per heavy atom. The normalized spacial score (nSPS) is 15.6. The van der Waals surface area contributed by atoms with Gasteiger partial charge >= 0.3 is 137 Å². The number of hydrogen-bond acceptors (Lipinski definition) is 1. The number of allylic oxidation sites excluding steroid dienone is 4. The van der Waals surface area contributed by atoms with Crippen LogP contribution in [-0.2, 0) is 19.4 Å². The van der Waals surface area contributed by atoms with E-state index in [2.05, 4.69) is 38.4 Å². The molecule has 1 aliphatic carbocycles. The van der Waals surface area contributed by atoms with E-state index in [0.717, 1.165) is 11.1 Å². The Kier molecular flexibility index (Phi) is 8.33. The van der Waals surface area contributed by atoms with E-state index in [4.69, 9.17) is 0 Å². The van der Waals surface area contributed by atoms with Crippen LogP contribution in [0, 0.1) is 12.3 Å². The molecule has 2 nitrogen and oxygen atoms in total. The first-order valence-electron chi connectivity index (χ1n) is 7.28. The molecule has 23 heavy (non-hydrogen) atoms. The topological polar surface area (TPSA) is 29.1 Å². The van der Waals surface area contributed by atoms with Gasteiger partial charge in [0.15, 0.2) is 0 Å². The van der Waals surface area contributed by atoms with E-state index >= 15 is 0 Å². The molecule has 124 valence electrons. The fourth-order valence-corrected chi connectivity index (χ4v) is 4.81. The van der Waals surface area contributed by atoms with E-state index in [0.29, 0.717) is 0 Å². The van der Waals surface area contributed by atoms with Gasteiger partial charge in [-0.1, -0.05) is 0 Å². The Balaban J connectivity index is 0.00000242. The summed E-state index contributed by atoms with van der Waals surface area (Å²) in [5.41, 5.74) is 6.11. The molecule has 0 unspecified atom stereocenters. The van der Waals surface area contributed by atoms with Crippen molar-refractivity contribution < 1.29 is 49.0 Å². The first kappa shape index (κ1) is 22.5. The minimum absolute atomic E-state index is 0. The van der Waals surface area contributed by atoms with Crippen molar-refractivity contribution >= 4 is 5.91 Å². The predicted molar refractivity (Wildman–Crippen MR) is 83.5 cm³/mol. The van der Waals surface area contributed by atoms with Crippen LogP contribution in [0.1, 0.15) is 50.5 Å². The van der Waals surface area contributed by atoms with Gasteiger partial charge in [-0.05, 0) is 0 Å². The predicted octanol–water partition coefficient (Wildman–Crippen LogP) is -1.62. The third kappa shape index (κ3) is 4.30. The van der Waals surface area contributed by atoms with Gasteiger partial charge < -0.3 is 24.8 Å². The third-order valence-corrected chi connectivity index (χ3v) is 7.25. The Bertz CT molecular complexity index is 663. The molecule has 0 spiro atoms. The molecule has 0 saturated heterocycles. The van der Waals surface area contributed by atoms with Crippen molar-refractivity contribution in [2.45, 2.75) is 41.5 Å². The molecule has 0 fully saturated rings. The van der Waals surface area contributed by atoms with Crippen LogP contribution >= 0.6 is 0 Å². The van der Waals surface area contributed by atoms with Crippen LogP contribution in [0.15, 0.2) is 44.9 Å². The molecule has 0 saturated carbocycles. The summed E-state index contributed by atoms with van der Waals surface area (Å²) in [6.45, 7) is 13.1. The third-order valence-electron chi connectivity index (χ3n) is 4.75. The number of benzene rings is 1. The number of hydrogen-bond donors (Lipinski definition) is 1. The molecule has 0 aliphatic heterocycles. The van der Waals surface area contributed by atoms with E-state index in [1.807, 2.05) is 31.2 Å². The van der Waals surface area contributed by atoms with E-state index in [1.54, 1.807) is 0 Å². The molecule has 2 rings (SSSR count). The van der Waals surface area contributed by atoms with Crippen molar-refractivity contribution in [3.8, 4) is 0 Å². The molecule has 1 aromatic carbocycles. The fraction of sp³-hybridized carbons (Fsp3) is 0.389. The maximum absolute atomic E-state index is 12.4. The molecule has 1 N–H and O–H groups in total. The second-order valence-electron chi connectivity index (χ2n) is 6.27. The van der Waals surface area contributed by atoms with Crippen molar-refractivity contribution in [3.05, 3.63) is 56.0 Å². The fourth-order valence-electron chi connectivity index (χ4n) is 2.86. The number of amides is 1. The summed E-state index contributed by atoms with van der Waals surface area (Å²) in [6, 6.07) is 7.76. The zero-order valence-electron chi connectivity index (χ0n) is 14.5. The molecule has 0 heterocycles. The maximum Gasteiger partial charge on any atom is -1.00 e. The van der Waals surface area contributed by atoms with Gasteiger partial charge in [0, 0.05) is 0 Å². The Morgan fingerprint density at radius 2 is 1.57 bits per heavy atom. The minimum atomic E-state index is -0.656. The number of nitrogens with one attached hydrogen (secondary N) is 1. The molecule has 0 aromatic heterocycles. The molecule has 1 aliphatic rings. The number of aryl methyl sites for hydroxylation is 1. The monoisotopic (exact) mass is 387 g/mol. The molecule has 5 heteroatoms. The first-order chi connectivity index (χ1) is 9.76. The smallest absolute Gasteiger partial charge is 1.00 e. The zero-order chi connectivity index (χ0) is 15.8. The van der Waals surface area contributed by atoms with Crippen LogP contribution in [0.3, 0.4) is 0 Å². The van der Waals surface area contributed by atoms with Gasteiger partial charge in [-0.25, -0.2) is 0 Å². The van der Waals surface area contributed by atoms with Gasteiger partial charge in [-0.2, -0.15) is 0 Å². The molecule has 0 atom stereocenters. The van der Waals surface area contributed by atoms with E-state index in [9.17, 15) is 4.79 Å². The summed E-state index contributed by atoms with van der Waals surface area (Å²) >= 11 is -0.656. The number of carbonyl (C=O) groups excluding carboxylic acids is 1. The van der Waals surface area contributed by atoms with Gasteiger partial charge in [0.2, 0.25) is 0 Å². The molecule has 0 bridgehead atoms. The van der Waals surface area contributed by atoms with Crippen LogP contribution in [0.2, 0.25) is 0 Å². The van der Waals surface area contributed by atoms with Crippen molar-refractivity contribution in [2.75, 3.05) is 0 Å². The maximum atomic E-state index is 12.4. The van der Waals surface area contributed by atoms with E-state index in [-0.39, 0.29) is 36.1 Å². The van der Waals surface area contributed by atoms with Gasteiger partial charge in [0.1, 0.15) is 0 Å². The molecule has 0 radical (unpaired) electrons. The van der Waals surface area contributed by atoms with Crippen molar-refractivity contribution in [3.63, 3.8) is 0 Å². The summed E-state index contributed by atoms with van der Waals surface area (Å²) in [5.74, 6) is 0.0615. The van der Waals surface area contributed by atoms with Crippen molar-refractivity contribution in [1.82, 2.24) is 3.80 Å². The molecular weight excluding hydrogens is 365 g/mol. The largest absolute Gasteiger partial charge is 1.00 e. The number of carbonyl (C=O) groups is 1. The average molecular weight is 388 g/mol. The standard InChI is InChI=1S/C10H15.C8H9NO.2ClH.Ti/c1-7-6-10(4,5)9(3)8(7)2;1-6-4-2-3-5-7(6)8(9)10;;;/h1-5H3;2-5H,1H3,(H2,9,10);2*1H;/q;;;;+3/p-3. The van der Waals surface area contributed by atoms with E-state index < -0.39 is 19.4 Å². The second kappa shape index (κ2) is 8.53. The van der Waals surface area contributed by atoms with Gasteiger partial charge in [0.25, 0.3) is 0 Å². The molecule has 1 aromatic rings. The van der Waals surface area contributed by atoms with Crippen LogP contribution < -0.4 is 28.6 Å². The summed E-state index contributed by atoms with van der Waals surface area (Å²) in [6.07, 6.45) is 0. The summed E-state index contributed by atoms with van der Waals surface area (Å²) < 4.78 is 4.65. The van der Waals surface area contributed by atoms with Crippen molar-refractivity contribution in [2.24, 2.45) is 5.41 Å². The Morgan fingerprint density at radius 1 is 1.00 bits per heavy atom. The first-order valence-corrected chi connectivity index (χ1v) is 8.84. The van der Waals surface area contributed by atoms with Crippen LogP contribution in [0.5, 0.6) is 0 Å². The summed E-state index contributed by atoms with van der Waals surface area (Å²) in [4.78, 5) is 12.4. The van der Waals surface area contributed by atoms with Crippen molar-refractivity contribution in [1.29, 1.82) is 0 Å². The van der Waals surface area contributed by atoms with Gasteiger partial charge in [-0.15, -0.1) is 0 Å². The van der Waals surface area contributed by atoms with E-state index in [1.165, 1.54) is 20.6 Å². The number of halogens is 2. The number of rotatable bonds is 3. The SMILES string of the molecule is CC1=C(C)C(C)(C)[C]([Ti+2][NH]C(=O)c2ccccc2C)=C1C.[Cl-].[Cl-]. The Hall–Kier alpha value is -0.536. The molecule has 1 amide bonds. The van der Waals surface area contributed by atoms with Crippen LogP contribution in [-0.4, -0.2) is 5.91 Å². The van der Waals surface area contributed by atoms with Gasteiger partial charge in [-0.3, -0.25) is 0 Å². The quantitative estimate of drug-likeness (QED) is 0.620. The zero-order valence-corrected chi connectivity index (χ0v) is 17.5. The van der Waals surface area contributed by atoms with Crippen LogP contribution in [0.4, 0.5) is 0 Å². The second-order valence-corrected chi connectivity index (χ2v) is 7.83. The summed E-state index contributed by atoms with van der Waals surface area (Å²) in [5, 5.41) is 0. The minimum Gasteiger partial charge on any atom is -1.00 e. The van der Waals surface area contributed by atoms with Crippen LogP contribution in [0.25, 0.3) is 0 Å². The van der Waals surface area contributed by atoms with Gasteiger partial charge in [0.05, 0.1) is 0 Å². The summed E-state index contributed by atoms with van der Waals surface area (Å²) in [7, 11) is 0. The Labute approximate surface area is 161 Å².